The van der Waals surface area contributed by atoms with Crippen molar-refractivity contribution in [2.45, 2.75) is 53.4 Å². The number of aryl methyl sites for hydroxylation is 1. The summed E-state index contributed by atoms with van der Waals surface area (Å²) in [7, 11) is 3.24. The molecule has 1 aromatic carbocycles. The third kappa shape index (κ3) is 6.15. The highest BCUT2D eigenvalue weighted by Crippen LogP contribution is 2.34. The lowest BCUT2D eigenvalue weighted by molar-refractivity contribution is 0.289. The molecule has 2 rings (SSSR count). The average Bonchev–Trinajstić information content (AvgIpc) is 2.71. The summed E-state index contributed by atoms with van der Waals surface area (Å²) >= 11 is 0. The molecule has 0 fully saturated rings. The van der Waals surface area contributed by atoms with Gasteiger partial charge in [0, 0.05) is 18.5 Å². The summed E-state index contributed by atoms with van der Waals surface area (Å²) < 4.78 is 18.8. The zero-order chi connectivity index (χ0) is 22.1. The van der Waals surface area contributed by atoms with Crippen LogP contribution in [0, 0.1) is 0 Å². The summed E-state index contributed by atoms with van der Waals surface area (Å²) in [6, 6.07) is 5.72. The zero-order valence-corrected chi connectivity index (χ0v) is 19.2. The fourth-order valence-electron chi connectivity index (χ4n) is 3.16. The molecule has 0 radical (unpaired) electrons. The van der Waals surface area contributed by atoms with Crippen molar-refractivity contribution < 1.29 is 14.2 Å². The van der Waals surface area contributed by atoms with E-state index in [1.54, 1.807) is 11.6 Å². The van der Waals surface area contributed by atoms with E-state index in [9.17, 15) is 4.79 Å². The Balaban J connectivity index is 2.23. The van der Waals surface area contributed by atoms with Crippen molar-refractivity contribution in [1.82, 2.24) is 4.57 Å². The van der Waals surface area contributed by atoms with E-state index in [0.717, 1.165) is 42.3 Å². The number of allylic oxidation sites excluding steroid dienone is 3. The number of aromatic nitrogens is 1. The van der Waals surface area contributed by atoms with Crippen LogP contribution in [0.3, 0.4) is 0 Å². The van der Waals surface area contributed by atoms with Gasteiger partial charge in [-0.1, -0.05) is 30.6 Å². The number of nitrogens with zero attached hydrogens (tertiary/aromatic N) is 1. The minimum Gasteiger partial charge on any atom is -0.489 e. The van der Waals surface area contributed by atoms with Gasteiger partial charge in [0.15, 0.2) is 5.75 Å². The third-order valence-electron chi connectivity index (χ3n) is 5.00. The lowest BCUT2D eigenvalue weighted by atomic mass is 10.1. The Morgan fingerprint density at radius 1 is 1.10 bits per heavy atom. The van der Waals surface area contributed by atoms with Crippen LogP contribution >= 0.6 is 0 Å². The second-order valence-electron chi connectivity index (χ2n) is 7.79. The Labute approximate surface area is 180 Å². The van der Waals surface area contributed by atoms with Crippen LogP contribution < -0.4 is 19.8 Å². The molecule has 0 amide bonds. The lowest BCUT2D eigenvalue weighted by Gasteiger charge is -2.16. The Bertz CT molecular complexity index is 965. The van der Waals surface area contributed by atoms with E-state index in [1.165, 1.54) is 18.3 Å². The molecule has 0 aliphatic heterocycles. The summed E-state index contributed by atoms with van der Waals surface area (Å²) in [5.74, 6) is 1.46. The van der Waals surface area contributed by atoms with Crippen molar-refractivity contribution in [3.8, 4) is 17.2 Å². The van der Waals surface area contributed by atoms with Crippen molar-refractivity contribution in [1.29, 1.82) is 0 Å². The summed E-state index contributed by atoms with van der Waals surface area (Å²) in [4.78, 5) is 12.7. The van der Waals surface area contributed by atoms with Crippen molar-refractivity contribution in [2.24, 2.45) is 7.05 Å². The molecule has 5 nitrogen and oxygen atoms in total. The molecule has 0 spiro atoms. The second-order valence-corrected chi connectivity index (χ2v) is 7.79. The molecule has 0 saturated carbocycles. The molecular weight excluding hydrogens is 378 g/mol. The van der Waals surface area contributed by atoms with Gasteiger partial charge in [0.2, 0.25) is 5.75 Å². The van der Waals surface area contributed by atoms with Crippen LogP contribution in [0.1, 0.15) is 53.4 Å². The van der Waals surface area contributed by atoms with Crippen LogP contribution in [-0.4, -0.2) is 24.9 Å². The topological polar surface area (TPSA) is 49.7 Å². The predicted molar refractivity (Wildman–Crippen MR) is 124 cm³/mol. The first-order valence-corrected chi connectivity index (χ1v) is 10.6. The van der Waals surface area contributed by atoms with E-state index in [-0.39, 0.29) is 11.3 Å². The SMILES string of the molecule is CCCCOc1c(OC)c(=O)n(C)c2cc(OC/C=C(\C)CCC=C(C)C)ccc12. The van der Waals surface area contributed by atoms with Crippen LogP contribution in [0.15, 0.2) is 46.3 Å². The molecule has 1 heterocycles. The van der Waals surface area contributed by atoms with E-state index in [2.05, 4.69) is 39.8 Å². The zero-order valence-electron chi connectivity index (χ0n) is 19.2. The van der Waals surface area contributed by atoms with E-state index in [0.29, 0.717) is 19.0 Å². The first-order chi connectivity index (χ1) is 14.4. The summed E-state index contributed by atoms with van der Waals surface area (Å²) in [5, 5.41) is 0.839. The molecule has 2 aromatic rings. The molecule has 0 aliphatic rings. The number of methoxy groups -OCH3 is 1. The van der Waals surface area contributed by atoms with Gasteiger partial charge in [-0.3, -0.25) is 4.79 Å². The van der Waals surface area contributed by atoms with Gasteiger partial charge in [-0.05, 0) is 58.2 Å². The van der Waals surface area contributed by atoms with E-state index < -0.39 is 0 Å². The molecule has 0 N–H and O–H groups in total. The predicted octanol–water partition coefficient (Wildman–Crippen LogP) is 5.80. The molecule has 5 heteroatoms. The van der Waals surface area contributed by atoms with Crippen molar-refractivity contribution in [2.75, 3.05) is 20.3 Å². The Hall–Kier alpha value is -2.69. The number of fused-ring (bicyclic) bond motifs is 1. The van der Waals surface area contributed by atoms with Crippen LogP contribution in [0.5, 0.6) is 17.2 Å². The summed E-state index contributed by atoms with van der Waals surface area (Å²) in [6.45, 7) is 9.50. The highest BCUT2D eigenvalue weighted by atomic mass is 16.5. The van der Waals surface area contributed by atoms with Gasteiger partial charge < -0.3 is 18.8 Å². The molecule has 0 aliphatic carbocycles. The molecule has 1 aromatic heterocycles. The molecule has 164 valence electrons. The molecule has 0 bridgehead atoms. The number of unbranched alkanes of at least 4 members (excludes halogenated alkanes) is 1. The molecule has 30 heavy (non-hydrogen) atoms. The Kier molecular flexibility index (Phi) is 9.03. The second kappa shape index (κ2) is 11.5. The third-order valence-corrected chi connectivity index (χ3v) is 5.00. The first-order valence-electron chi connectivity index (χ1n) is 10.6. The maximum Gasteiger partial charge on any atom is 0.297 e. The van der Waals surface area contributed by atoms with Crippen molar-refractivity contribution >= 4 is 10.9 Å². The smallest absolute Gasteiger partial charge is 0.297 e. The highest BCUT2D eigenvalue weighted by Gasteiger charge is 2.18. The van der Waals surface area contributed by atoms with Crippen LogP contribution in [0.4, 0.5) is 0 Å². The van der Waals surface area contributed by atoms with Gasteiger partial charge in [0.05, 0.1) is 19.2 Å². The number of benzene rings is 1. The first kappa shape index (κ1) is 23.6. The average molecular weight is 414 g/mol. The van der Waals surface area contributed by atoms with Crippen LogP contribution in [-0.2, 0) is 7.05 Å². The minimum atomic E-state index is -0.219. The fraction of sp³-hybridized carbons (Fsp3) is 0.480. The number of pyridine rings is 1. The number of hydrogen-bond donors (Lipinski definition) is 0. The number of rotatable bonds is 11. The molecule has 0 unspecified atom stereocenters. The van der Waals surface area contributed by atoms with Gasteiger partial charge >= 0.3 is 0 Å². The Morgan fingerprint density at radius 2 is 1.87 bits per heavy atom. The van der Waals surface area contributed by atoms with Gasteiger partial charge in [-0.2, -0.15) is 0 Å². The number of hydrogen-bond acceptors (Lipinski definition) is 4. The van der Waals surface area contributed by atoms with Crippen molar-refractivity contribution in [3.05, 3.63) is 51.9 Å². The minimum absolute atomic E-state index is 0.219. The monoisotopic (exact) mass is 413 g/mol. The normalized spacial score (nSPS) is 11.5. The molecule has 0 atom stereocenters. The van der Waals surface area contributed by atoms with E-state index in [1.807, 2.05) is 18.2 Å². The fourth-order valence-corrected chi connectivity index (χ4v) is 3.16. The summed E-state index contributed by atoms with van der Waals surface area (Å²) in [6.07, 6.45) is 8.36. The lowest BCUT2D eigenvalue weighted by Crippen LogP contribution is -2.20. The van der Waals surface area contributed by atoms with Gasteiger partial charge in [0.1, 0.15) is 12.4 Å². The quantitative estimate of drug-likeness (QED) is 0.345. The summed E-state index contributed by atoms with van der Waals surface area (Å²) in [5.41, 5.74) is 3.19. The van der Waals surface area contributed by atoms with Gasteiger partial charge in [-0.15, -0.1) is 0 Å². The van der Waals surface area contributed by atoms with Gasteiger partial charge in [-0.25, -0.2) is 0 Å². The maximum absolute atomic E-state index is 12.7. The Morgan fingerprint density at radius 3 is 2.53 bits per heavy atom. The number of ether oxygens (including phenoxy) is 3. The van der Waals surface area contributed by atoms with E-state index >= 15 is 0 Å². The maximum atomic E-state index is 12.7. The highest BCUT2D eigenvalue weighted by molar-refractivity contribution is 5.89. The molecular formula is C25H35NO4. The van der Waals surface area contributed by atoms with Crippen LogP contribution in [0.2, 0.25) is 0 Å². The van der Waals surface area contributed by atoms with Crippen molar-refractivity contribution in [3.63, 3.8) is 0 Å². The molecule has 0 saturated heterocycles. The van der Waals surface area contributed by atoms with Gasteiger partial charge in [0.25, 0.3) is 5.56 Å². The standard InChI is InChI=1S/C25H35NO4/c1-7-8-15-30-23-21-13-12-20(17-22(21)26(5)25(27)24(23)28-6)29-16-14-19(4)11-9-10-18(2)3/h10,12-14,17H,7-9,11,15-16H2,1-6H3/b19-14+. The van der Waals surface area contributed by atoms with E-state index in [4.69, 9.17) is 14.2 Å². The van der Waals surface area contributed by atoms with Crippen LogP contribution in [0.25, 0.3) is 10.9 Å². The largest absolute Gasteiger partial charge is 0.489 e.